The summed E-state index contributed by atoms with van der Waals surface area (Å²) in [5, 5.41) is 3.83. The molecule has 0 atom stereocenters. The molecule has 0 aliphatic rings. The summed E-state index contributed by atoms with van der Waals surface area (Å²) in [5.74, 6) is 0.139. The quantitative estimate of drug-likeness (QED) is 0.585. The Labute approximate surface area is 171 Å². The van der Waals surface area contributed by atoms with Crippen LogP contribution in [0.5, 0.6) is 11.5 Å². The molecule has 2 aromatic carbocycles. The Kier molecular flexibility index (Phi) is 6.38. The van der Waals surface area contributed by atoms with Crippen molar-refractivity contribution in [2.45, 2.75) is 6.54 Å². The number of ether oxygens (including phenoxy) is 3. The third-order valence-corrected chi connectivity index (χ3v) is 5.65. The maximum Gasteiger partial charge on any atom is 0.350 e. The standard InChI is InChI=1S/C20H18ClNO5S/c1-25-14-8-7-12(9-15(14)26-2)10-22-17(23)11-27-20(24)19-18(21)13-5-3-4-6-16(13)28-19/h3-9H,10-11H2,1-2H3,(H,22,23). The van der Waals surface area contributed by atoms with E-state index in [1.807, 2.05) is 30.3 Å². The Morgan fingerprint density at radius 2 is 1.82 bits per heavy atom. The normalized spacial score (nSPS) is 10.5. The van der Waals surface area contributed by atoms with Crippen molar-refractivity contribution in [3.8, 4) is 11.5 Å². The van der Waals surface area contributed by atoms with Gasteiger partial charge < -0.3 is 19.5 Å². The minimum absolute atomic E-state index is 0.264. The van der Waals surface area contributed by atoms with Crippen LogP contribution < -0.4 is 14.8 Å². The fraction of sp³-hybridized carbons (Fsp3) is 0.200. The Bertz CT molecular complexity index is 1020. The number of hydrogen-bond acceptors (Lipinski definition) is 6. The number of halogens is 1. The van der Waals surface area contributed by atoms with E-state index in [0.29, 0.717) is 16.5 Å². The molecule has 3 rings (SSSR count). The maximum absolute atomic E-state index is 12.3. The highest BCUT2D eigenvalue weighted by Crippen LogP contribution is 2.35. The zero-order valence-corrected chi connectivity index (χ0v) is 16.9. The smallest absolute Gasteiger partial charge is 0.350 e. The lowest BCUT2D eigenvalue weighted by molar-refractivity contribution is -0.124. The van der Waals surface area contributed by atoms with E-state index in [2.05, 4.69) is 5.32 Å². The van der Waals surface area contributed by atoms with Crippen LogP contribution in [0.2, 0.25) is 5.02 Å². The molecule has 1 heterocycles. The molecule has 0 saturated heterocycles. The summed E-state index contributed by atoms with van der Waals surface area (Å²) in [6.45, 7) is -0.128. The van der Waals surface area contributed by atoms with Gasteiger partial charge in [-0.1, -0.05) is 35.9 Å². The summed E-state index contributed by atoms with van der Waals surface area (Å²) in [4.78, 5) is 24.6. The Balaban J connectivity index is 1.55. The average molecular weight is 420 g/mol. The zero-order valence-electron chi connectivity index (χ0n) is 15.3. The van der Waals surface area contributed by atoms with Crippen LogP contribution in [-0.4, -0.2) is 32.7 Å². The molecule has 28 heavy (non-hydrogen) atoms. The van der Waals surface area contributed by atoms with Gasteiger partial charge in [0.15, 0.2) is 18.1 Å². The molecule has 0 spiro atoms. The van der Waals surface area contributed by atoms with Crippen molar-refractivity contribution in [3.63, 3.8) is 0 Å². The molecule has 1 amide bonds. The SMILES string of the molecule is COc1ccc(CNC(=O)COC(=O)c2sc3ccccc3c2Cl)cc1OC. The topological polar surface area (TPSA) is 73.9 Å². The minimum atomic E-state index is -0.618. The van der Waals surface area contributed by atoms with E-state index in [1.165, 1.54) is 11.3 Å². The van der Waals surface area contributed by atoms with E-state index >= 15 is 0 Å². The number of fused-ring (bicyclic) bond motifs is 1. The zero-order chi connectivity index (χ0) is 20.1. The van der Waals surface area contributed by atoms with E-state index in [1.54, 1.807) is 26.4 Å². The number of esters is 1. The Morgan fingerprint density at radius 3 is 2.54 bits per heavy atom. The molecule has 1 N–H and O–H groups in total. The van der Waals surface area contributed by atoms with Gasteiger partial charge in [0.25, 0.3) is 5.91 Å². The van der Waals surface area contributed by atoms with Gasteiger partial charge in [-0.05, 0) is 23.8 Å². The summed E-state index contributed by atoms with van der Waals surface area (Å²) < 4.78 is 16.4. The first kappa shape index (κ1) is 20.0. The average Bonchev–Trinajstić information content (AvgIpc) is 3.07. The monoisotopic (exact) mass is 419 g/mol. The van der Waals surface area contributed by atoms with Gasteiger partial charge in [0.2, 0.25) is 0 Å². The molecule has 0 saturated carbocycles. The molecule has 0 aliphatic carbocycles. The van der Waals surface area contributed by atoms with Gasteiger partial charge in [0.1, 0.15) is 4.88 Å². The van der Waals surface area contributed by atoms with Gasteiger partial charge >= 0.3 is 5.97 Å². The Morgan fingerprint density at radius 1 is 1.07 bits per heavy atom. The molecular weight excluding hydrogens is 402 g/mol. The predicted molar refractivity (Wildman–Crippen MR) is 109 cm³/mol. The third-order valence-electron chi connectivity index (χ3n) is 3.99. The van der Waals surface area contributed by atoms with Crippen LogP contribution in [0, 0.1) is 0 Å². The van der Waals surface area contributed by atoms with E-state index in [4.69, 9.17) is 25.8 Å². The van der Waals surface area contributed by atoms with E-state index < -0.39 is 18.5 Å². The van der Waals surface area contributed by atoms with E-state index in [-0.39, 0.29) is 11.4 Å². The van der Waals surface area contributed by atoms with Gasteiger partial charge in [0, 0.05) is 16.6 Å². The van der Waals surface area contributed by atoms with Crippen LogP contribution >= 0.6 is 22.9 Å². The maximum atomic E-state index is 12.3. The molecule has 146 valence electrons. The fourth-order valence-electron chi connectivity index (χ4n) is 2.58. The van der Waals surface area contributed by atoms with Crippen LogP contribution in [0.25, 0.3) is 10.1 Å². The summed E-state index contributed by atoms with van der Waals surface area (Å²) in [6, 6.07) is 12.7. The summed E-state index contributed by atoms with van der Waals surface area (Å²) in [5.41, 5.74) is 0.824. The van der Waals surface area contributed by atoms with Crippen LogP contribution in [0.1, 0.15) is 15.2 Å². The Hall–Kier alpha value is -2.77. The lowest BCUT2D eigenvalue weighted by Gasteiger charge is -2.10. The van der Waals surface area contributed by atoms with Crippen molar-refractivity contribution in [2.75, 3.05) is 20.8 Å². The van der Waals surface area contributed by atoms with Gasteiger partial charge in [-0.3, -0.25) is 4.79 Å². The lowest BCUT2D eigenvalue weighted by atomic mass is 10.2. The molecular formula is C20H18ClNO5S. The summed E-state index contributed by atoms with van der Waals surface area (Å²) in [6.07, 6.45) is 0. The number of hydrogen-bond donors (Lipinski definition) is 1. The first-order valence-corrected chi connectivity index (χ1v) is 9.54. The number of methoxy groups -OCH3 is 2. The molecule has 0 unspecified atom stereocenters. The number of rotatable bonds is 7. The largest absolute Gasteiger partial charge is 0.493 e. The van der Waals surface area contributed by atoms with Gasteiger partial charge in [-0.2, -0.15) is 0 Å². The van der Waals surface area contributed by atoms with Crippen molar-refractivity contribution in [3.05, 3.63) is 57.9 Å². The number of benzene rings is 2. The molecule has 6 nitrogen and oxygen atoms in total. The highest BCUT2D eigenvalue weighted by atomic mass is 35.5. The molecule has 1 aromatic heterocycles. The van der Waals surface area contributed by atoms with Crippen LogP contribution in [-0.2, 0) is 16.1 Å². The van der Waals surface area contributed by atoms with Crippen LogP contribution in [0.4, 0.5) is 0 Å². The third kappa shape index (κ3) is 4.37. The number of nitrogens with one attached hydrogen (secondary N) is 1. The molecule has 0 bridgehead atoms. The summed E-state index contributed by atoms with van der Waals surface area (Å²) >= 11 is 7.49. The second-order valence-corrected chi connectivity index (χ2v) is 7.21. The van der Waals surface area contributed by atoms with Crippen LogP contribution in [0.15, 0.2) is 42.5 Å². The second kappa shape index (κ2) is 8.95. The highest BCUT2D eigenvalue weighted by Gasteiger charge is 2.19. The van der Waals surface area contributed by atoms with Crippen molar-refractivity contribution in [1.29, 1.82) is 0 Å². The molecule has 3 aromatic rings. The van der Waals surface area contributed by atoms with Gasteiger partial charge in [-0.25, -0.2) is 4.79 Å². The van der Waals surface area contributed by atoms with Crippen molar-refractivity contribution in [2.24, 2.45) is 0 Å². The second-order valence-electron chi connectivity index (χ2n) is 5.78. The molecule has 0 radical (unpaired) electrons. The molecule has 0 fully saturated rings. The van der Waals surface area contributed by atoms with Crippen molar-refractivity contribution in [1.82, 2.24) is 5.32 Å². The fourth-order valence-corrected chi connectivity index (χ4v) is 3.99. The number of thiophene rings is 1. The first-order valence-electron chi connectivity index (χ1n) is 8.35. The van der Waals surface area contributed by atoms with Crippen LogP contribution in [0.3, 0.4) is 0 Å². The van der Waals surface area contributed by atoms with Crippen molar-refractivity contribution < 1.29 is 23.8 Å². The van der Waals surface area contributed by atoms with Crippen molar-refractivity contribution >= 4 is 44.9 Å². The van der Waals surface area contributed by atoms with Gasteiger partial charge in [0.05, 0.1) is 19.2 Å². The lowest BCUT2D eigenvalue weighted by Crippen LogP contribution is -2.28. The minimum Gasteiger partial charge on any atom is -0.493 e. The first-order chi connectivity index (χ1) is 13.5. The number of carbonyl (C=O) groups is 2. The predicted octanol–water partition coefficient (Wildman–Crippen LogP) is 4.05. The highest BCUT2D eigenvalue weighted by molar-refractivity contribution is 7.21. The summed E-state index contributed by atoms with van der Waals surface area (Å²) in [7, 11) is 3.09. The van der Waals surface area contributed by atoms with E-state index in [9.17, 15) is 9.59 Å². The van der Waals surface area contributed by atoms with E-state index in [0.717, 1.165) is 15.6 Å². The molecule has 8 heteroatoms. The number of amides is 1. The number of carbonyl (C=O) groups excluding carboxylic acids is 2. The molecule has 0 aliphatic heterocycles. The van der Waals surface area contributed by atoms with Gasteiger partial charge in [-0.15, -0.1) is 11.3 Å².